The number of hydrogen-bond acceptors (Lipinski definition) is 6. The molecule has 1 N–H and O–H groups in total. The van der Waals surface area contributed by atoms with Crippen molar-refractivity contribution in [1.82, 2.24) is 5.32 Å². The number of barbiturate groups is 1. The quantitative estimate of drug-likeness (QED) is 0.156. The van der Waals surface area contributed by atoms with Gasteiger partial charge in [-0.25, -0.2) is 18.9 Å². The van der Waals surface area contributed by atoms with Gasteiger partial charge in [0.15, 0.2) is 0 Å². The number of nitrogens with zero attached hydrogens (tertiary/aromatic N) is 1. The van der Waals surface area contributed by atoms with Crippen LogP contribution in [0.2, 0.25) is 0 Å². The number of carbonyl (C=O) groups excluding carboxylic acids is 4. The molecule has 0 bridgehead atoms. The summed E-state index contributed by atoms with van der Waals surface area (Å²) in [4.78, 5) is 51.3. The van der Waals surface area contributed by atoms with Gasteiger partial charge < -0.3 is 9.47 Å². The maximum absolute atomic E-state index is 13.7. The third kappa shape index (κ3) is 6.33. The smallest absolute Gasteiger partial charge is 0.338 e. The molecule has 0 unspecified atom stereocenters. The van der Waals surface area contributed by atoms with Crippen LogP contribution >= 0.6 is 22.6 Å². The van der Waals surface area contributed by atoms with Crippen molar-refractivity contribution in [1.29, 1.82) is 0 Å². The predicted octanol–water partition coefficient (Wildman–Crippen LogP) is 5.26. The van der Waals surface area contributed by atoms with Crippen LogP contribution in [0.5, 0.6) is 5.75 Å². The van der Waals surface area contributed by atoms with Gasteiger partial charge in [0, 0.05) is 15.6 Å². The van der Waals surface area contributed by atoms with E-state index in [0.29, 0.717) is 24.3 Å². The van der Waals surface area contributed by atoms with Gasteiger partial charge in [-0.1, -0.05) is 12.1 Å². The number of nitrogens with one attached hydrogen (secondary N) is 1. The van der Waals surface area contributed by atoms with E-state index in [9.17, 15) is 23.6 Å². The van der Waals surface area contributed by atoms with E-state index in [4.69, 9.17) is 9.47 Å². The first-order chi connectivity index (χ1) is 18.7. The molecular formula is C29H24FIN2O6. The molecule has 3 aromatic carbocycles. The maximum atomic E-state index is 13.7. The zero-order valence-corrected chi connectivity index (χ0v) is 23.3. The molecule has 4 rings (SSSR count). The SMILES string of the molecule is CCOC(=O)c1ccc(N2C(=O)NC(=O)/C(=C\c3cc(I)c(Cc4cccc(F)c4)c(OCC)c3)C2=O)cc1. The summed E-state index contributed by atoms with van der Waals surface area (Å²) < 4.78 is 25.3. The summed E-state index contributed by atoms with van der Waals surface area (Å²) in [6, 6.07) is 14.6. The first kappa shape index (κ1) is 28.0. The molecule has 1 heterocycles. The summed E-state index contributed by atoms with van der Waals surface area (Å²) in [6.45, 7) is 4.10. The first-order valence-electron chi connectivity index (χ1n) is 12.1. The second-order valence-electron chi connectivity index (χ2n) is 8.44. The summed E-state index contributed by atoms with van der Waals surface area (Å²) in [5.74, 6) is -1.98. The third-order valence-corrected chi connectivity index (χ3v) is 6.76. The van der Waals surface area contributed by atoms with Crippen molar-refractivity contribution < 1.29 is 33.0 Å². The molecular weight excluding hydrogens is 618 g/mol. The number of halogens is 2. The number of benzene rings is 3. The van der Waals surface area contributed by atoms with Crippen molar-refractivity contribution in [3.8, 4) is 5.75 Å². The molecule has 1 aliphatic rings. The predicted molar refractivity (Wildman–Crippen MR) is 151 cm³/mol. The van der Waals surface area contributed by atoms with Crippen LogP contribution in [-0.4, -0.2) is 37.0 Å². The van der Waals surface area contributed by atoms with Gasteiger partial charge in [-0.05, 0) is 102 Å². The lowest BCUT2D eigenvalue weighted by atomic mass is 10.0. The van der Waals surface area contributed by atoms with Crippen LogP contribution in [0.1, 0.15) is 40.9 Å². The van der Waals surface area contributed by atoms with Crippen molar-refractivity contribution in [2.45, 2.75) is 20.3 Å². The van der Waals surface area contributed by atoms with Gasteiger partial charge >= 0.3 is 12.0 Å². The largest absolute Gasteiger partial charge is 0.494 e. The lowest BCUT2D eigenvalue weighted by Gasteiger charge is -2.26. The molecule has 8 nitrogen and oxygen atoms in total. The summed E-state index contributed by atoms with van der Waals surface area (Å²) in [5, 5.41) is 2.19. The van der Waals surface area contributed by atoms with E-state index in [1.807, 2.05) is 13.0 Å². The topological polar surface area (TPSA) is 102 Å². The molecule has 0 aliphatic carbocycles. The van der Waals surface area contributed by atoms with Crippen molar-refractivity contribution in [2.24, 2.45) is 0 Å². The van der Waals surface area contributed by atoms with Crippen LogP contribution in [0.4, 0.5) is 14.9 Å². The van der Waals surface area contributed by atoms with Gasteiger partial charge in [-0.3, -0.25) is 14.9 Å². The van der Waals surface area contributed by atoms with Crippen molar-refractivity contribution in [3.05, 3.63) is 97.9 Å². The minimum absolute atomic E-state index is 0.180. The molecule has 10 heteroatoms. The first-order valence-corrected chi connectivity index (χ1v) is 13.2. The minimum atomic E-state index is -0.902. The highest BCUT2D eigenvalue weighted by atomic mass is 127. The van der Waals surface area contributed by atoms with Crippen LogP contribution < -0.4 is 15.0 Å². The number of rotatable bonds is 8. The third-order valence-electron chi connectivity index (χ3n) is 5.80. The Morgan fingerprint density at radius 2 is 1.77 bits per heavy atom. The van der Waals surface area contributed by atoms with Gasteiger partial charge in [-0.2, -0.15) is 0 Å². The zero-order chi connectivity index (χ0) is 28.1. The summed E-state index contributed by atoms with van der Waals surface area (Å²) in [7, 11) is 0. The number of ether oxygens (including phenoxy) is 2. The molecule has 200 valence electrons. The normalized spacial score (nSPS) is 14.4. The van der Waals surface area contributed by atoms with Crippen LogP contribution in [0, 0.1) is 9.39 Å². The van der Waals surface area contributed by atoms with E-state index in [2.05, 4.69) is 27.9 Å². The van der Waals surface area contributed by atoms with Crippen LogP contribution in [-0.2, 0) is 20.7 Å². The Bertz CT molecular complexity index is 1490. The number of urea groups is 1. The van der Waals surface area contributed by atoms with Crippen molar-refractivity contribution in [3.63, 3.8) is 0 Å². The number of esters is 1. The fourth-order valence-electron chi connectivity index (χ4n) is 4.04. The molecule has 0 spiro atoms. The van der Waals surface area contributed by atoms with E-state index in [1.54, 1.807) is 25.1 Å². The molecule has 0 radical (unpaired) electrons. The molecule has 39 heavy (non-hydrogen) atoms. The Hall–Kier alpha value is -4.06. The molecule has 0 atom stereocenters. The van der Waals surface area contributed by atoms with E-state index >= 15 is 0 Å². The molecule has 1 fully saturated rings. The Morgan fingerprint density at radius 1 is 1.03 bits per heavy atom. The zero-order valence-electron chi connectivity index (χ0n) is 21.1. The fraction of sp³-hybridized carbons (Fsp3) is 0.172. The lowest BCUT2D eigenvalue weighted by molar-refractivity contribution is -0.122. The summed E-state index contributed by atoms with van der Waals surface area (Å²) >= 11 is 2.13. The number of anilines is 1. The molecule has 1 saturated heterocycles. The van der Waals surface area contributed by atoms with Gasteiger partial charge in [0.1, 0.15) is 17.1 Å². The number of imide groups is 2. The number of amides is 4. The molecule has 3 aromatic rings. The Balaban J connectivity index is 1.67. The average Bonchev–Trinajstić information content (AvgIpc) is 2.89. The van der Waals surface area contributed by atoms with Crippen molar-refractivity contribution in [2.75, 3.05) is 18.1 Å². The molecule has 0 saturated carbocycles. The molecule has 1 aliphatic heterocycles. The fourth-order valence-corrected chi connectivity index (χ4v) is 4.86. The average molecular weight is 642 g/mol. The van der Waals surface area contributed by atoms with Gasteiger partial charge in [0.2, 0.25) is 0 Å². The van der Waals surface area contributed by atoms with Gasteiger partial charge in [0.25, 0.3) is 11.8 Å². The highest BCUT2D eigenvalue weighted by molar-refractivity contribution is 14.1. The van der Waals surface area contributed by atoms with E-state index in [1.165, 1.54) is 42.5 Å². The Kier molecular flexibility index (Phi) is 8.75. The van der Waals surface area contributed by atoms with Crippen LogP contribution in [0.25, 0.3) is 6.08 Å². The standard InChI is InChI=1S/C29H24FIN2O6/c1-3-38-25-16-18(15-24(31)22(25)13-17-6-5-7-20(30)12-17)14-23-26(34)32-29(37)33(27(23)35)21-10-8-19(9-11-21)28(36)39-4-2/h5-12,14-16H,3-4,13H2,1-2H3,(H,32,34,37)/b23-14+. The monoisotopic (exact) mass is 642 g/mol. The Morgan fingerprint density at radius 3 is 2.44 bits per heavy atom. The molecule has 0 aromatic heterocycles. The summed E-state index contributed by atoms with van der Waals surface area (Å²) in [6.07, 6.45) is 1.81. The number of hydrogen-bond donors (Lipinski definition) is 1. The minimum Gasteiger partial charge on any atom is -0.494 e. The van der Waals surface area contributed by atoms with Crippen LogP contribution in [0.15, 0.2) is 66.2 Å². The summed E-state index contributed by atoms with van der Waals surface area (Å²) in [5.41, 5.74) is 2.30. The Labute approximate surface area is 237 Å². The van der Waals surface area contributed by atoms with E-state index in [0.717, 1.165) is 19.6 Å². The molecule has 4 amide bonds. The highest BCUT2D eigenvalue weighted by Gasteiger charge is 2.37. The second-order valence-corrected chi connectivity index (χ2v) is 9.61. The highest BCUT2D eigenvalue weighted by Crippen LogP contribution is 2.31. The second kappa shape index (κ2) is 12.2. The lowest BCUT2D eigenvalue weighted by Crippen LogP contribution is -2.54. The van der Waals surface area contributed by atoms with Crippen molar-refractivity contribution >= 4 is 58.2 Å². The van der Waals surface area contributed by atoms with E-state index < -0.39 is 23.8 Å². The number of carbonyl (C=O) groups is 4. The van der Waals surface area contributed by atoms with E-state index in [-0.39, 0.29) is 29.2 Å². The maximum Gasteiger partial charge on any atom is 0.338 e. The van der Waals surface area contributed by atoms with Gasteiger partial charge in [0.05, 0.1) is 24.5 Å². The van der Waals surface area contributed by atoms with Crippen LogP contribution in [0.3, 0.4) is 0 Å². The van der Waals surface area contributed by atoms with Gasteiger partial charge in [-0.15, -0.1) is 0 Å².